The molecule has 6 nitrogen and oxygen atoms in total. The van der Waals surface area contributed by atoms with Gasteiger partial charge in [0.1, 0.15) is 12.4 Å². The lowest BCUT2D eigenvalue weighted by molar-refractivity contribution is -0.180. The van der Waals surface area contributed by atoms with Gasteiger partial charge in [-0.05, 0) is 44.4 Å². The van der Waals surface area contributed by atoms with Crippen molar-refractivity contribution in [2.45, 2.75) is 56.8 Å². The summed E-state index contributed by atoms with van der Waals surface area (Å²) >= 11 is 0. The number of primary amides is 1. The normalized spacial score (nSPS) is 19.0. The van der Waals surface area contributed by atoms with Crippen LogP contribution in [0, 0.1) is 0 Å². The SMILES string of the molecule is CC(C)(c1ccc(OC[C@@H]2Cn3c(nc(C(N)=O)c3C3CC3)O2)cc1)C(F)(F)F. The smallest absolute Gasteiger partial charge is 0.397 e. The molecule has 0 saturated heterocycles. The number of halogens is 3. The second kappa shape index (κ2) is 6.67. The van der Waals surface area contributed by atoms with E-state index in [9.17, 15) is 18.0 Å². The first-order chi connectivity index (χ1) is 13.6. The van der Waals surface area contributed by atoms with Crippen molar-refractivity contribution >= 4 is 5.91 Å². The number of benzene rings is 1. The first kappa shape index (κ1) is 19.6. The van der Waals surface area contributed by atoms with E-state index in [1.165, 1.54) is 24.3 Å². The fourth-order valence-electron chi connectivity index (χ4n) is 3.46. The quantitative estimate of drug-likeness (QED) is 0.792. The van der Waals surface area contributed by atoms with Gasteiger partial charge in [0, 0.05) is 5.92 Å². The zero-order valence-corrected chi connectivity index (χ0v) is 16.1. The molecule has 9 heteroatoms. The highest BCUT2D eigenvalue weighted by molar-refractivity contribution is 5.92. The minimum atomic E-state index is -4.34. The average Bonchev–Trinajstić information content (AvgIpc) is 3.29. The molecule has 156 valence electrons. The molecule has 1 aliphatic heterocycles. The number of carbonyl (C=O) groups is 1. The molecule has 1 amide bonds. The van der Waals surface area contributed by atoms with Gasteiger partial charge in [0.25, 0.3) is 11.9 Å². The minimum Gasteiger partial charge on any atom is -0.490 e. The van der Waals surface area contributed by atoms with Crippen LogP contribution in [0.3, 0.4) is 0 Å². The van der Waals surface area contributed by atoms with E-state index in [1.54, 1.807) is 0 Å². The van der Waals surface area contributed by atoms with Gasteiger partial charge in [-0.15, -0.1) is 0 Å². The lowest BCUT2D eigenvalue weighted by Gasteiger charge is -2.28. The van der Waals surface area contributed by atoms with Crippen molar-refractivity contribution in [1.29, 1.82) is 0 Å². The van der Waals surface area contributed by atoms with Gasteiger partial charge in [-0.2, -0.15) is 18.2 Å². The van der Waals surface area contributed by atoms with Crippen LogP contribution in [0.2, 0.25) is 0 Å². The molecule has 2 N–H and O–H groups in total. The number of hydrogen-bond acceptors (Lipinski definition) is 4. The van der Waals surface area contributed by atoms with E-state index in [4.69, 9.17) is 15.2 Å². The summed E-state index contributed by atoms with van der Waals surface area (Å²) in [6, 6.07) is 6.26. The Hall–Kier alpha value is -2.71. The number of nitrogens with two attached hydrogens (primary N) is 1. The Morgan fingerprint density at radius 3 is 2.48 bits per heavy atom. The van der Waals surface area contributed by atoms with E-state index in [2.05, 4.69) is 4.98 Å². The second-order valence-corrected chi connectivity index (χ2v) is 8.08. The standard InChI is InChI=1S/C20H22F3N3O3/c1-19(2,20(21,22)23)12-5-7-13(8-6-12)28-10-14-9-26-16(11-3-4-11)15(17(24)27)25-18(26)29-14/h5-8,11,14H,3-4,9-10H2,1-2H3,(H2,24,27)/t14-/m0/s1. The molecule has 0 radical (unpaired) electrons. The maximum Gasteiger partial charge on any atom is 0.397 e. The molecular formula is C20H22F3N3O3. The number of aromatic nitrogens is 2. The molecule has 29 heavy (non-hydrogen) atoms. The lowest BCUT2D eigenvalue weighted by atomic mass is 9.84. The summed E-state index contributed by atoms with van der Waals surface area (Å²) in [6.07, 6.45) is -2.65. The number of amides is 1. The van der Waals surface area contributed by atoms with Crippen LogP contribution in [0.25, 0.3) is 0 Å². The summed E-state index contributed by atoms with van der Waals surface area (Å²) in [5.41, 5.74) is 4.74. The third-order valence-electron chi connectivity index (χ3n) is 5.55. The van der Waals surface area contributed by atoms with Gasteiger partial charge in [0.15, 0.2) is 11.8 Å². The molecule has 1 saturated carbocycles. The molecule has 0 unspecified atom stereocenters. The molecule has 2 heterocycles. The molecule has 1 aromatic carbocycles. The highest BCUT2D eigenvalue weighted by Gasteiger charge is 2.48. The molecular weight excluding hydrogens is 387 g/mol. The molecule has 1 aliphatic carbocycles. The number of fused-ring (bicyclic) bond motifs is 1. The lowest BCUT2D eigenvalue weighted by Crippen LogP contribution is -2.36. The monoisotopic (exact) mass is 409 g/mol. The highest BCUT2D eigenvalue weighted by Crippen LogP contribution is 2.44. The molecule has 1 atom stereocenters. The number of nitrogens with zero attached hydrogens (tertiary/aromatic N) is 2. The van der Waals surface area contributed by atoms with Crippen LogP contribution in [0.1, 0.15) is 54.4 Å². The first-order valence-corrected chi connectivity index (χ1v) is 9.45. The Labute approximate surface area is 165 Å². The van der Waals surface area contributed by atoms with Gasteiger partial charge in [-0.3, -0.25) is 9.36 Å². The van der Waals surface area contributed by atoms with Crippen LogP contribution >= 0.6 is 0 Å². The van der Waals surface area contributed by atoms with Gasteiger partial charge in [0.05, 0.1) is 17.7 Å². The topological polar surface area (TPSA) is 79.4 Å². The maximum absolute atomic E-state index is 13.2. The summed E-state index contributed by atoms with van der Waals surface area (Å²) < 4.78 is 52.8. The molecule has 1 fully saturated rings. The summed E-state index contributed by atoms with van der Waals surface area (Å²) in [5.74, 6) is 0.179. The molecule has 4 rings (SSSR count). The predicted molar refractivity (Wildman–Crippen MR) is 98.2 cm³/mol. The Balaban J connectivity index is 1.40. The fraction of sp³-hybridized carbons (Fsp3) is 0.500. The zero-order chi connectivity index (χ0) is 21.0. The number of carbonyl (C=O) groups excluding carboxylic acids is 1. The van der Waals surface area contributed by atoms with Crippen molar-refractivity contribution in [2.75, 3.05) is 6.61 Å². The van der Waals surface area contributed by atoms with Crippen molar-refractivity contribution in [3.8, 4) is 11.8 Å². The number of hydrogen-bond donors (Lipinski definition) is 1. The van der Waals surface area contributed by atoms with Gasteiger partial charge < -0.3 is 15.2 Å². The maximum atomic E-state index is 13.2. The molecule has 2 aliphatic rings. The summed E-state index contributed by atoms with van der Waals surface area (Å²) in [5, 5.41) is 0. The van der Waals surface area contributed by atoms with Crippen LogP contribution in [-0.4, -0.2) is 34.3 Å². The number of rotatable bonds is 6. The third kappa shape index (κ3) is 3.54. The van der Waals surface area contributed by atoms with Crippen LogP contribution in [0.5, 0.6) is 11.8 Å². The van der Waals surface area contributed by atoms with Crippen LogP contribution in [0.4, 0.5) is 13.2 Å². The number of ether oxygens (including phenoxy) is 2. The van der Waals surface area contributed by atoms with E-state index in [-0.39, 0.29) is 29.9 Å². The van der Waals surface area contributed by atoms with Crippen LogP contribution < -0.4 is 15.2 Å². The van der Waals surface area contributed by atoms with Crippen molar-refractivity contribution in [2.24, 2.45) is 5.73 Å². The zero-order valence-electron chi connectivity index (χ0n) is 16.1. The number of imidazole rings is 1. The molecule has 1 aromatic heterocycles. The van der Waals surface area contributed by atoms with Gasteiger partial charge in [-0.25, -0.2) is 0 Å². The van der Waals surface area contributed by atoms with E-state index in [0.29, 0.717) is 18.3 Å². The minimum absolute atomic E-state index is 0.169. The Morgan fingerprint density at radius 2 is 1.93 bits per heavy atom. The Bertz CT molecular complexity index is 931. The summed E-state index contributed by atoms with van der Waals surface area (Å²) in [6.45, 7) is 2.99. The summed E-state index contributed by atoms with van der Waals surface area (Å²) in [4.78, 5) is 15.8. The average molecular weight is 409 g/mol. The van der Waals surface area contributed by atoms with E-state index in [1.807, 2.05) is 4.57 Å². The second-order valence-electron chi connectivity index (χ2n) is 8.08. The number of alkyl halides is 3. The van der Waals surface area contributed by atoms with Crippen LogP contribution in [0.15, 0.2) is 24.3 Å². The Kier molecular flexibility index (Phi) is 4.51. The van der Waals surface area contributed by atoms with E-state index >= 15 is 0 Å². The van der Waals surface area contributed by atoms with Gasteiger partial charge >= 0.3 is 6.18 Å². The van der Waals surface area contributed by atoms with Crippen molar-refractivity contribution in [1.82, 2.24) is 9.55 Å². The highest BCUT2D eigenvalue weighted by atomic mass is 19.4. The summed E-state index contributed by atoms with van der Waals surface area (Å²) in [7, 11) is 0. The fourth-order valence-corrected chi connectivity index (χ4v) is 3.46. The Morgan fingerprint density at radius 1 is 1.28 bits per heavy atom. The largest absolute Gasteiger partial charge is 0.490 e. The van der Waals surface area contributed by atoms with Crippen molar-refractivity contribution in [3.05, 3.63) is 41.2 Å². The van der Waals surface area contributed by atoms with E-state index in [0.717, 1.165) is 32.4 Å². The predicted octanol–water partition coefficient (Wildman–Crippen LogP) is 3.54. The van der Waals surface area contributed by atoms with Crippen molar-refractivity contribution in [3.63, 3.8) is 0 Å². The first-order valence-electron chi connectivity index (χ1n) is 9.45. The van der Waals surface area contributed by atoms with Crippen LogP contribution in [-0.2, 0) is 12.0 Å². The molecule has 2 aromatic rings. The van der Waals surface area contributed by atoms with E-state index < -0.39 is 17.5 Å². The van der Waals surface area contributed by atoms with Gasteiger partial charge in [0.2, 0.25) is 0 Å². The molecule has 0 bridgehead atoms. The molecule has 0 spiro atoms. The third-order valence-corrected chi connectivity index (χ3v) is 5.55. The van der Waals surface area contributed by atoms with Gasteiger partial charge in [-0.1, -0.05) is 12.1 Å². The van der Waals surface area contributed by atoms with Crippen molar-refractivity contribution < 1.29 is 27.4 Å².